The molecular weight excluding hydrogens is 625 g/mol. The van der Waals surface area contributed by atoms with Crippen molar-refractivity contribution in [1.82, 2.24) is 0 Å². The third-order valence-corrected chi connectivity index (χ3v) is 15.6. The molecule has 0 aromatic heterocycles. The molecule has 4 fully saturated rings. The van der Waals surface area contributed by atoms with E-state index >= 15 is 0 Å². The lowest BCUT2D eigenvalue weighted by Crippen LogP contribution is -2.66. The molecule has 6 rings (SSSR count). The molecule has 260 valence electrons. The molecule has 0 amide bonds. The van der Waals surface area contributed by atoms with Gasteiger partial charge in [0.1, 0.15) is 12.4 Å². The first-order valence-electron chi connectivity index (χ1n) is 17.3. The van der Waals surface area contributed by atoms with Gasteiger partial charge >= 0.3 is 21.6 Å². The summed E-state index contributed by atoms with van der Waals surface area (Å²) in [7, 11) is -5.75. The molecule has 4 saturated carbocycles. The monoisotopic (exact) mass is 676 g/mol. The molecule has 0 heterocycles. The van der Waals surface area contributed by atoms with Gasteiger partial charge in [-0.1, -0.05) is 77.1 Å². The number of alkyl halides is 3. The Morgan fingerprint density at radius 1 is 0.915 bits per heavy atom. The first kappa shape index (κ1) is 34.6. The Morgan fingerprint density at radius 3 is 2.23 bits per heavy atom. The second kappa shape index (κ2) is 11.1. The van der Waals surface area contributed by atoms with E-state index in [9.17, 15) is 26.4 Å². The SMILES string of the molecule is C=C(C)C1CCC2(C(=O)OCc3ccccc3)CCC3(C)C(CCC4C5(C)CC=C(OS(=O)(=O)C(F)(F)F)C(C)(C)C5CCC43C)C12. The molecule has 5 aliphatic rings. The van der Waals surface area contributed by atoms with Crippen molar-refractivity contribution in [3.63, 3.8) is 0 Å². The summed E-state index contributed by atoms with van der Waals surface area (Å²) in [4.78, 5) is 14.2. The average Bonchev–Trinajstić information content (AvgIpc) is 3.39. The van der Waals surface area contributed by atoms with Crippen LogP contribution in [-0.4, -0.2) is 19.9 Å². The third kappa shape index (κ3) is 4.97. The van der Waals surface area contributed by atoms with E-state index < -0.39 is 26.5 Å². The molecule has 47 heavy (non-hydrogen) atoms. The topological polar surface area (TPSA) is 69.7 Å². The Labute approximate surface area is 278 Å². The minimum Gasteiger partial charge on any atom is -0.460 e. The summed E-state index contributed by atoms with van der Waals surface area (Å²) in [6.45, 7) is 17.6. The van der Waals surface area contributed by atoms with Gasteiger partial charge in [-0.15, -0.1) is 0 Å². The molecule has 0 saturated heterocycles. The highest BCUT2D eigenvalue weighted by Gasteiger charge is 2.72. The number of rotatable bonds is 6. The van der Waals surface area contributed by atoms with E-state index in [0.29, 0.717) is 12.3 Å². The summed E-state index contributed by atoms with van der Waals surface area (Å²) in [5, 5.41) is 0. The molecular formula is C38H51F3O5S. The van der Waals surface area contributed by atoms with Gasteiger partial charge in [-0.2, -0.15) is 21.6 Å². The maximum absolute atomic E-state index is 14.2. The van der Waals surface area contributed by atoms with Crippen LogP contribution in [0.1, 0.15) is 105 Å². The quantitative estimate of drug-likeness (QED) is 0.130. The molecule has 9 heteroatoms. The highest BCUT2D eigenvalue weighted by molar-refractivity contribution is 7.87. The Kier molecular flexibility index (Phi) is 8.17. The lowest BCUT2D eigenvalue weighted by atomic mass is 9.32. The molecule has 0 N–H and O–H groups in total. The largest absolute Gasteiger partial charge is 0.534 e. The number of halogens is 3. The second-order valence-electron chi connectivity index (χ2n) is 16.9. The van der Waals surface area contributed by atoms with Crippen LogP contribution in [0.15, 0.2) is 54.3 Å². The van der Waals surface area contributed by atoms with Gasteiger partial charge in [0, 0.05) is 5.41 Å². The van der Waals surface area contributed by atoms with Crippen molar-refractivity contribution in [1.29, 1.82) is 0 Å². The van der Waals surface area contributed by atoms with Gasteiger partial charge in [0.15, 0.2) is 0 Å². The predicted molar refractivity (Wildman–Crippen MR) is 175 cm³/mol. The maximum atomic E-state index is 14.2. The van der Waals surface area contributed by atoms with E-state index in [1.807, 2.05) is 44.2 Å². The van der Waals surface area contributed by atoms with E-state index in [0.717, 1.165) is 62.5 Å². The lowest BCUT2D eigenvalue weighted by Gasteiger charge is -2.72. The fourth-order valence-corrected chi connectivity index (χ4v) is 12.9. The van der Waals surface area contributed by atoms with E-state index in [1.165, 1.54) is 0 Å². The van der Waals surface area contributed by atoms with Crippen LogP contribution in [0.3, 0.4) is 0 Å². The Morgan fingerprint density at radius 2 is 1.60 bits per heavy atom. The van der Waals surface area contributed by atoms with Gasteiger partial charge < -0.3 is 8.92 Å². The molecule has 1 aromatic carbocycles. The Balaban J connectivity index is 1.32. The number of carbonyl (C=O) groups excluding carboxylic acids is 1. The predicted octanol–water partition coefficient (Wildman–Crippen LogP) is 9.75. The number of carbonyl (C=O) groups is 1. The Hall–Kier alpha value is -2.29. The van der Waals surface area contributed by atoms with Gasteiger partial charge in [-0.05, 0) is 122 Å². The molecule has 0 bridgehead atoms. The highest BCUT2D eigenvalue weighted by Crippen LogP contribution is 2.77. The minimum absolute atomic E-state index is 0.0399. The van der Waals surface area contributed by atoms with Crippen molar-refractivity contribution < 1.29 is 35.3 Å². The van der Waals surface area contributed by atoms with E-state index in [2.05, 4.69) is 34.3 Å². The number of esters is 1. The summed E-state index contributed by atoms with van der Waals surface area (Å²) in [6, 6.07) is 9.84. The van der Waals surface area contributed by atoms with Gasteiger partial charge in [0.25, 0.3) is 0 Å². The lowest BCUT2D eigenvalue weighted by molar-refractivity contribution is -0.232. The number of hydrogen-bond acceptors (Lipinski definition) is 5. The van der Waals surface area contributed by atoms with E-state index in [1.54, 1.807) is 6.08 Å². The smallest absolute Gasteiger partial charge is 0.460 e. The fourth-order valence-electron chi connectivity index (χ4n) is 12.3. The van der Waals surface area contributed by atoms with Crippen molar-refractivity contribution in [2.45, 2.75) is 111 Å². The van der Waals surface area contributed by atoms with Crippen LogP contribution in [0.4, 0.5) is 13.2 Å². The number of allylic oxidation sites excluding steroid dienone is 3. The zero-order valence-electron chi connectivity index (χ0n) is 28.7. The van der Waals surface area contributed by atoms with Crippen molar-refractivity contribution in [3.05, 3.63) is 59.9 Å². The van der Waals surface area contributed by atoms with Crippen LogP contribution in [0, 0.1) is 56.7 Å². The first-order chi connectivity index (χ1) is 21.7. The summed E-state index contributed by atoms with van der Waals surface area (Å²) in [5.74, 6) is 0.807. The van der Waals surface area contributed by atoms with Crippen molar-refractivity contribution in [3.8, 4) is 0 Å². The summed E-state index contributed by atoms with van der Waals surface area (Å²) < 4.78 is 75.0. The second-order valence-corrected chi connectivity index (χ2v) is 18.4. The van der Waals surface area contributed by atoms with Crippen LogP contribution in [0.5, 0.6) is 0 Å². The zero-order chi connectivity index (χ0) is 34.4. The maximum Gasteiger partial charge on any atom is 0.534 e. The first-order valence-corrected chi connectivity index (χ1v) is 18.7. The van der Waals surface area contributed by atoms with Crippen LogP contribution in [-0.2, 0) is 30.4 Å². The van der Waals surface area contributed by atoms with Crippen LogP contribution in [0.2, 0.25) is 0 Å². The molecule has 9 unspecified atom stereocenters. The van der Waals surface area contributed by atoms with Crippen molar-refractivity contribution in [2.75, 3.05) is 0 Å². The van der Waals surface area contributed by atoms with Crippen LogP contribution < -0.4 is 0 Å². The number of benzene rings is 1. The van der Waals surface area contributed by atoms with Gasteiger partial charge in [-0.25, -0.2) is 0 Å². The van der Waals surface area contributed by atoms with E-state index in [4.69, 9.17) is 8.92 Å². The molecule has 5 aliphatic carbocycles. The van der Waals surface area contributed by atoms with Gasteiger partial charge in [-0.3, -0.25) is 4.79 Å². The third-order valence-electron chi connectivity index (χ3n) is 14.7. The summed E-state index contributed by atoms with van der Waals surface area (Å²) >= 11 is 0. The number of fused-ring (bicyclic) bond motifs is 7. The van der Waals surface area contributed by atoms with Crippen LogP contribution >= 0.6 is 0 Å². The fraction of sp³-hybridized carbons (Fsp3) is 0.711. The highest BCUT2D eigenvalue weighted by atomic mass is 32.2. The summed E-state index contributed by atoms with van der Waals surface area (Å²) in [6.07, 6.45) is 9.14. The number of hydrogen-bond donors (Lipinski definition) is 0. The average molecular weight is 677 g/mol. The Bertz CT molecular complexity index is 1570. The van der Waals surface area contributed by atoms with Crippen molar-refractivity contribution in [2.24, 2.45) is 56.7 Å². The molecule has 0 aliphatic heterocycles. The van der Waals surface area contributed by atoms with Gasteiger partial charge in [0.05, 0.1) is 5.41 Å². The van der Waals surface area contributed by atoms with Crippen LogP contribution in [0.25, 0.3) is 0 Å². The molecule has 1 aromatic rings. The minimum atomic E-state index is -5.75. The zero-order valence-corrected chi connectivity index (χ0v) is 29.5. The van der Waals surface area contributed by atoms with Gasteiger partial charge in [0.2, 0.25) is 0 Å². The standard InChI is InChI=1S/C38H51F3O5S/c1-24(2)26-15-20-37(32(42)45-23-25-11-9-8-10-12-25)22-21-35(6)27(31(26)37)13-14-29-34(5)18-17-30(46-47(43,44)38(39,40)41)33(3,4)28(34)16-19-36(29,35)7/h8-12,17,26-29,31H,1,13-16,18-23H2,2-7H3. The van der Waals surface area contributed by atoms with E-state index in [-0.39, 0.29) is 58.3 Å². The molecule has 0 spiro atoms. The number of ether oxygens (including phenoxy) is 1. The molecule has 0 radical (unpaired) electrons. The van der Waals surface area contributed by atoms with Crippen molar-refractivity contribution >= 4 is 16.1 Å². The molecule has 9 atom stereocenters. The molecule has 5 nitrogen and oxygen atoms in total. The normalized spacial score (nSPS) is 41.0. The summed E-state index contributed by atoms with van der Waals surface area (Å²) in [5.41, 5.74) is -5.13.